The second-order valence-electron chi connectivity index (χ2n) is 5.38. The summed E-state index contributed by atoms with van der Waals surface area (Å²) >= 11 is 0. The summed E-state index contributed by atoms with van der Waals surface area (Å²) in [5.41, 5.74) is 4.87. The zero-order valence-electron chi connectivity index (χ0n) is 13.4. The highest BCUT2D eigenvalue weighted by Crippen LogP contribution is 2.27. The summed E-state index contributed by atoms with van der Waals surface area (Å²) in [7, 11) is 0. The highest BCUT2D eigenvalue weighted by Gasteiger charge is 2.40. The van der Waals surface area contributed by atoms with Gasteiger partial charge >= 0.3 is 0 Å². The molecule has 0 aliphatic carbocycles. The zero-order chi connectivity index (χ0) is 15.6. The van der Waals surface area contributed by atoms with Gasteiger partial charge in [-0.25, -0.2) is 0 Å². The Hall–Kier alpha value is -1.26. The standard InChI is InChI=1S/C15H31N3O2/c1-5-9-11-12(10-6-2)17-14(19)15(7-3,8-4)13(16)18-20/h12,20H,5-11H2,1-4H3,(H2,16,18)(H,17,19). The first-order valence-corrected chi connectivity index (χ1v) is 7.81. The van der Waals surface area contributed by atoms with E-state index in [-0.39, 0.29) is 17.8 Å². The Labute approximate surface area is 123 Å². The van der Waals surface area contributed by atoms with E-state index in [0.29, 0.717) is 12.8 Å². The first kappa shape index (κ1) is 18.7. The second-order valence-corrected chi connectivity index (χ2v) is 5.38. The van der Waals surface area contributed by atoms with E-state index in [1.807, 2.05) is 13.8 Å². The largest absolute Gasteiger partial charge is 0.409 e. The van der Waals surface area contributed by atoms with Crippen molar-refractivity contribution >= 4 is 11.7 Å². The number of hydrogen-bond donors (Lipinski definition) is 3. The molecule has 0 aromatic heterocycles. The van der Waals surface area contributed by atoms with E-state index in [2.05, 4.69) is 24.3 Å². The molecule has 5 heteroatoms. The first-order chi connectivity index (χ1) is 9.52. The maximum Gasteiger partial charge on any atom is 0.234 e. The number of nitrogens with one attached hydrogen (secondary N) is 1. The maximum absolute atomic E-state index is 12.6. The van der Waals surface area contributed by atoms with Crippen molar-refractivity contribution in [3.05, 3.63) is 0 Å². The smallest absolute Gasteiger partial charge is 0.234 e. The van der Waals surface area contributed by atoms with Crippen LogP contribution in [-0.2, 0) is 4.79 Å². The summed E-state index contributed by atoms with van der Waals surface area (Å²) < 4.78 is 0. The van der Waals surface area contributed by atoms with E-state index in [9.17, 15) is 4.79 Å². The van der Waals surface area contributed by atoms with Gasteiger partial charge in [-0.05, 0) is 25.7 Å². The fraction of sp³-hybridized carbons (Fsp3) is 0.867. The van der Waals surface area contributed by atoms with Crippen molar-refractivity contribution in [2.24, 2.45) is 16.3 Å². The van der Waals surface area contributed by atoms with Crippen molar-refractivity contribution in [3.63, 3.8) is 0 Å². The van der Waals surface area contributed by atoms with Gasteiger partial charge in [-0.2, -0.15) is 0 Å². The Balaban J connectivity index is 4.97. The summed E-state index contributed by atoms with van der Waals surface area (Å²) in [4.78, 5) is 12.6. The van der Waals surface area contributed by atoms with Gasteiger partial charge in [0, 0.05) is 6.04 Å². The normalized spacial score (nSPS) is 14.1. The van der Waals surface area contributed by atoms with Gasteiger partial charge in [0.1, 0.15) is 5.41 Å². The average molecular weight is 285 g/mol. The molecule has 0 aliphatic rings. The summed E-state index contributed by atoms with van der Waals surface area (Å²) in [5.74, 6) is -0.113. The van der Waals surface area contributed by atoms with Crippen molar-refractivity contribution in [2.75, 3.05) is 0 Å². The minimum absolute atomic E-state index is 0.00531. The van der Waals surface area contributed by atoms with Crippen LogP contribution in [0.2, 0.25) is 0 Å². The molecule has 0 rings (SSSR count). The van der Waals surface area contributed by atoms with Crippen LogP contribution in [0.3, 0.4) is 0 Å². The molecule has 5 nitrogen and oxygen atoms in total. The average Bonchev–Trinajstić information content (AvgIpc) is 2.46. The van der Waals surface area contributed by atoms with Gasteiger partial charge in [0.05, 0.1) is 0 Å². The van der Waals surface area contributed by atoms with E-state index in [1.165, 1.54) is 0 Å². The fourth-order valence-electron chi connectivity index (χ4n) is 2.56. The number of amidine groups is 1. The lowest BCUT2D eigenvalue weighted by atomic mass is 9.79. The van der Waals surface area contributed by atoms with Crippen LogP contribution in [0.4, 0.5) is 0 Å². The van der Waals surface area contributed by atoms with E-state index in [1.54, 1.807) is 0 Å². The summed E-state index contributed by atoms with van der Waals surface area (Å²) in [6.07, 6.45) is 6.24. The predicted octanol–water partition coefficient (Wildman–Crippen LogP) is 3.01. The summed E-state index contributed by atoms with van der Waals surface area (Å²) in [5, 5.41) is 15.1. The molecule has 0 aliphatic heterocycles. The Morgan fingerprint density at radius 1 is 1.20 bits per heavy atom. The van der Waals surface area contributed by atoms with Crippen LogP contribution in [0.5, 0.6) is 0 Å². The SMILES string of the molecule is CCCCC(CCC)NC(=O)C(CC)(CC)C(N)=NO. The molecule has 0 saturated carbocycles. The number of nitrogens with zero attached hydrogens (tertiary/aromatic N) is 1. The van der Waals surface area contributed by atoms with Gasteiger partial charge in [-0.15, -0.1) is 0 Å². The molecule has 0 saturated heterocycles. The number of rotatable bonds is 10. The minimum Gasteiger partial charge on any atom is -0.409 e. The topological polar surface area (TPSA) is 87.7 Å². The van der Waals surface area contributed by atoms with Crippen LogP contribution in [0, 0.1) is 5.41 Å². The van der Waals surface area contributed by atoms with E-state index in [4.69, 9.17) is 10.9 Å². The third-order valence-corrected chi connectivity index (χ3v) is 4.12. The van der Waals surface area contributed by atoms with Crippen LogP contribution in [0.25, 0.3) is 0 Å². The van der Waals surface area contributed by atoms with Crippen molar-refractivity contribution in [2.45, 2.75) is 78.7 Å². The van der Waals surface area contributed by atoms with Crippen molar-refractivity contribution < 1.29 is 10.0 Å². The van der Waals surface area contributed by atoms with Gasteiger partial charge in [0.15, 0.2) is 5.84 Å². The Kier molecular flexibility index (Phi) is 9.01. The van der Waals surface area contributed by atoms with Crippen molar-refractivity contribution in [3.8, 4) is 0 Å². The molecule has 0 aromatic rings. The Bertz CT molecular complexity index is 312. The van der Waals surface area contributed by atoms with Crippen LogP contribution in [-0.4, -0.2) is 23.0 Å². The minimum atomic E-state index is -0.896. The first-order valence-electron chi connectivity index (χ1n) is 7.81. The number of hydrogen-bond acceptors (Lipinski definition) is 3. The number of carbonyl (C=O) groups is 1. The van der Waals surface area contributed by atoms with E-state index < -0.39 is 5.41 Å². The zero-order valence-corrected chi connectivity index (χ0v) is 13.4. The number of unbranched alkanes of at least 4 members (excludes halogenated alkanes) is 1. The molecule has 1 unspecified atom stereocenters. The highest BCUT2D eigenvalue weighted by atomic mass is 16.4. The lowest BCUT2D eigenvalue weighted by molar-refractivity contribution is -0.128. The molecule has 0 radical (unpaired) electrons. The molecule has 20 heavy (non-hydrogen) atoms. The summed E-state index contributed by atoms with van der Waals surface area (Å²) in [6.45, 7) is 8.04. The van der Waals surface area contributed by atoms with Crippen LogP contribution < -0.4 is 11.1 Å². The van der Waals surface area contributed by atoms with Gasteiger partial charge in [-0.3, -0.25) is 4.79 Å². The van der Waals surface area contributed by atoms with Crippen molar-refractivity contribution in [1.82, 2.24) is 5.32 Å². The third-order valence-electron chi connectivity index (χ3n) is 4.12. The van der Waals surface area contributed by atoms with Gasteiger partial charge in [-0.1, -0.05) is 52.1 Å². The quantitative estimate of drug-likeness (QED) is 0.249. The van der Waals surface area contributed by atoms with Gasteiger partial charge < -0.3 is 16.3 Å². The molecule has 0 spiro atoms. The maximum atomic E-state index is 12.6. The molecule has 118 valence electrons. The molecule has 0 heterocycles. The van der Waals surface area contributed by atoms with E-state index >= 15 is 0 Å². The molecule has 1 amide bonds. The molecule has 4 N–H and O–H groups in total. The lowest BCUT2D eigenvalue weighted by Crippen LogP contribution is -2.51. The van der Waals surface area contributed by atoms with Crippen LogP contribution in [0.15, 0.2) is 5.16 Å². The molecule has 0 bridgehead atoms. The van der Waals surface area contributed by atoms with Crippen molar-refractivity contribution in [1.29, 1.82) is 0 Å². The van der Waals surface area contributed by atoms with Crippen LogP contribution >= 0.6 is 0 Å². The molecule has 0 aromatic carbocycles. The molecule has 0 fully saturated rings. The second kappa shape index (κ2) is 9.61. The highest BCUT2D eigenvalue weighted by molar-refractivity contribution is 6.06. The Morgan fingerprint density at radius 3 is 2.20 bits per heavy atom. The number of nitrogens with two attached hydrogens (primary N) is 1. The monoisotopic (exact) mass is 285 g/mol. The Morgan fingerprint density at radius 2 is 1.80 bits per heavy atom. The fourth-order valence-corrected chi connectivity index (χ4v) is 2.56. The van der Waals surface area contributed by atoms with Gasteiger partial charge in [0.2, 0.25) is 5.91 Å². The van der Waals surface area contributed by atoms with E-state index in [0.717, 1.165) is 32.1 Å². The predicted molar refractivity (Wildman–Crippen MR) is 82.8 cm³/mol. The third kappa shape index (κ3) is 4.69. The molecular formula is C15H31N3O2. The lowest BCUT2D eigenvalue weighted by Gasteiger charge is -2.31. The number of carbonyl (C=O) groups excluding carboxylic acids is 1. The van der Waals surface area contributed by atoms with Crippen LogP contribution in [0.1, 0.15) is 72.6 Å². The summed E-state index contributed by atoms with van der Waals surface area (Å²) in [6, 6.07) is 0.177. The number of amides is 1. The molecule has 1 atom stereocenters. The van der Waals surface area contributed by atoms with Gasteiger partial charge in [0.25, 0.3) is 0 Å². The molecular weight excluding hydrogens is 254 g/mol. The number of oxime groups is 1.